The highest BCUT2D eigenvalue weighted by molar-refractivity contribution is 5.89. The molecule has 120 valence electrons. The number of hydrogen-bond acceptors (Lipinski definition) is 3. The summed E-state index contributed by atoms with van der Waals surface area (Å²) in [4.78, 5) is 18.5. The summed E-state index contributed by atoms with van der Waals surface area (Å²) in [6.07, 6.45) is 2.42. The number of carbonyl (C=O) groups is 1. The molecular weight excluding hydrogens is 288 g/mol. The van der Waals surface area contributed by atoms with Crippen LogP contribution in [0.2, 0.25) is 0 Å². The molecule has 23 heavy (non-hydrogen) atoms. The highest BCUT2D eigenvalue weighted by Gasteiger charge is 2.20. The zero-order valence-electron chi connectivity index (χ0n) is 13.4. The van der Waals surface area contributed by atoms with Gasteiger partial charge in [-0.3, -0.25) is 9.88 Å². The van der Waals surface area contributed by atoms with Gasteiger partial charge in [-0.2, -0.15) is 0 Å². The van der Waals surface area contributed by atoms with Crippen LogP contribution in [0.3, 0.4) is 0 Å². The lowest BCUT2D eigenvalue weighted by Gasteiger charge is -2.30. The maximum atomic E-state index is 11.5. The molecule has 2 heterocycles. The standard InChI is InChI=1S/C19H22N2O2/c1-14-6-5-11-21(12-14)13-18-16(19(22)23)9-10-17(20-18)15-7-3-2-4-8-15/h2-4,7-10,14H,5-6,11-13H2,1H3,(H,22,23). The molecule has 4 heteroatoms. The second-order valence-corrected chi connectivity index (χ2v) is 6.34. The fraction of sp³-hybridized carbons (Fsp3) is 0.368. The first-order chi connectivity index (χ1) is 11.1. The molecule has 1 unspecified atom stereocenters. The second-order valence-electron chi connectivity index (χ2n) is 6.34. The fourth-order valence-electron chi connectivity index (χ4n) is 3.23. The van der Waals surface area contributed by atoms with Gasteiger partial charge in [0.1, 0.15) is 0 Å². The van der Waals surface area contributed by atoms with Gasteiger partial charge < -0.3 is 5.11 Å². The Bertz CT molecular complexity index is 685. The van der Waals surface area contributed by atoms with Gasteiger partial charge in [0.05, 0.1) is 17.0 Å². The van der Waals surface area contributed by atoms with Crippen LogP contribution in [0.5, 0.6) is 0 Å². The Morgan fingerprint density at radius 2 is 2.04 bits per heavy atom. The maximum Gasteiger partial charge on any atom is 0.337 e. The third kappa shape index (κ3) is 3.77. The van der Waals surface area contributed by atoms with Crippen molar-refractivity contribution in [3.8, 4) is 11.3 Å². The number of carboxylic acids is 1. The number of rotatable bonds is 4. The third-order valence-electron chi connectivity index (χ3n) is 4.39. The molecule has 0 bridgehead atoms. The lowest BCUT2D eigenvalue weighted by atomic mass is 9.99. The minimum absolute atomic E-state index is 0.308. The molecule has 1 aromatic heterocycles. The van der Waals surface area contributed by atoms with Crippen LogP contribution in [0.25, 0.3) is 11.3 Å². The zero-order valence-corrected chi connectivity index (χ0v) is 13.4. The molecule has 1 fully saturated rings. The first kappa shape index (κ1) is 15.7. The zero-order chi connectivity index (χ0) is 16.2. The van der Waals surface area contributed by atoms with Gasteiger partial charge in [0.15, 0.2) is 0 Å². The van der Waals surface area contributed by atoms with E-state index < -0.39 is 5.97 Å². The largest absolute Gasteiger partial charge is 0.478 e. The average Bonchev–Trinajstić information content (AvgIpc) is 2.55. The van der Waals surface area contributed by atoms with Crippen molar-refractivity contribution in [2.75, 3.05) is 13.1 Å². The lowest BCUT2D eigenvalue weighted by Crippen LogP contribution is -2.34. The minimum atomic E-state index is -0.905. The summed E-state index contributed by atoms with van der Waals surface area (Å²) in [5.74, 6) is -0.244. The molecule has 0 amide bonds. The second kappa shape index (κ2) is 6.92. The van der Waals surface area contributed by atoms with Crippen LogP contribution >= 0.6 is 0 Å². The number of piperidine rings is 1. The summed E-state index contributed by atoms with van der Waals surface area (Å²) < 4.78 is 0. The van der Waals surface area contributed by atoms with Gasteiger partial charge in [-0.05, 0) is 37.4 Å². The molecule has 1 aliphatic heterocycles. The monoisotopic (exact) mass is 310 g/mol. The Morgan fingerprint density at radius 3 is 2.74 bits per heavy atom. The first-order valence-electron chi connectivity index (χ1n) is 8.14. The summed E-state index contributed by atoms with van der Waals surface area (Å²) in [5, 5.41) is 9.45. The summed E-state index contributed by atoms with van der Waals surface area (Å²) in [7, 11) is 0. The SMILES string of the molecule is CC1CCCN(Cc2nc(-c3ccccc3)ccc2C(=O)O)C1. The average molecular weight is 310 g/mol. The van der Waals surface area contributed by atoms with Gasteiger partial charge in [-0.15, -0.1) is 0 Å². The van der Waals surface area contributed by atoms with Crippen molar-refractivity contribution >= 4 is 5.97 Å². The predicted octanol–water partition coefficient (Wildman–Crippen LogP) is 3.68. The van der Waals surface area contributed by atoms with E-state index >= 15 is 0 Å². The number of hydrogen-bond donors (Lipinski definition) is 1. The van der Waals surface area contributed by atoms with E-state index in [0.29, 0.717) is 23.7 Å². The van der Waals surface area contributed by atoms with Crippen molar-refractivity contribution in [1.29, 1.82) is 0 Å². The normalized spacial score (nSPS) is 18.7. The minimum Gasteiger partial charge on any atom is -0.478 e. The van der Waals surface area contributed by atoms with Crippen molar-refractivity contribution < 1.29 is 9.90 Å². The number of pyridine rings is 1. The molecule has 0 radical (unpaired) electrons. The van der Waals surface area contributed by atoms with E-state index in [-0.39, 0.29) is 0 Å². The Hall–Kier alpha value is -2.20. The molecule has 1 aliphatic rings. The van der Waals surface area contributed by atoms with Crippen molar-refractivity contribution in [1.82, 2.24) is 9.88 Å². The molecule has 0 aliphatic carbocycles. The topological polar surface area (TPSA) is 53.4 Å². The van der Waals surface area contributed by atoms with Crippen LogP contribution in [-0.2, 0) is 6.54 Å². The van der Waals surface area contributed by atoms with Crippen LogP contribution < -0.4 is 0 Å². The smallest absolute Gasteiger partial charge is 0.337 e. The van der Waals surface area contributed by atoms with Gasteiger partial charge in [0.2, 0.25) is 0 Å². The van der Waals surface area contributed by atoms with Crippen molar-refractivity contribution in [2.45, 2.75) is 26.3 Å². The molecule has 1 atom stereocenters. The van der Waals surface area contributed by atoms with E-state index in [2.05, 4.69) is 16.8 Å². The fourth-order valence-corrected chi connectivity index (χ4v) is 3.23. The number of likely N-dealkylation sites (tertiary alicyclic amines) is 1. The van der Waals surface area contributed by atoms with Crippen LogP contribution in [0.1, 0.15) is 35.8 Å². The number of aromatic nitrogens is 1. The van der Waals surface area contributed by atoms with E-state index in [1.54, 1.807) is 12.1 Å². The number of aromatic carboxylic acids is 1. The molecule has 1 aromatic carbocycles. The quantitative estimate of drug-likeness (QED) is 0.936. The number of carboxylic acid groups (broad SMARTS) is 1. The Kier molecular flexibility index (Phi) is 4.72. The van der Waals surface area contributed by atoms with Gasteiger partial charge >= 0.3 is 5.97 Å². The molecular formula is C19H22N2O2. The molecule has 2 aromatic rings. The third-order valence-corrected chi connectivity index (χ3v) is 4.39. The lowest BCUT2D eigenvalue weighted by molar-refractivity contribution is 0.0693. The van der Waals surface area contributed by atoms with Crippen LogP contribution in [0, 0.1) is 5.92 Å². The Balaban J connectivity index is 1.91. The van der Waals surface area contributed by atoms with Crippen LogP contribution in [0.15, 0.2) is 42.5 Å². The molecule has 0 saturated carbocycles. The molecule has 1 N–H and O–H groups in total. The van der Waals surface area contributed by atoms with E-state index in [1.807, 2.05) is 30.3 Å². The van der Waals surface area contributed by atoms with Gasteiger partial charge in [0.25, 0.3) is 0 Å². The number of nitrogens with zero attached hydrogens (tertiary/aromatic N) is 2. The summed E-state index contributed by atoms with van der Waals surface area (Å²) in [6.45, 7) is 4.88. The van der Waals surface area contributed by atoms with E-state index in [9.17, 15) is 9.90 Å². The van der Waals surface area contributed by atoms with Crippen molar-refractivity contribution in [3.63, 3.8) is 0 Å². The molecule has 0 spiro atoms. The number of benzene rings is 1. The van der Waals surface area contributed by atoms with Crippen molar-refractivity contribution in [3.05, 3.63) is 53.7 Å². The maximum absolute atomic E-state index is 11.5. The highest BCUT2D eigenvalue weighted by atomic mass is 16.4. The van der Waals surface area contributed by atoms with Gasteiger partial charge in [-0.1, -0.05) is 37.3 Å². The van der Waals surface area contributed by atoms with E-state index in [1.165, 1.54) is 12.8 Å². The Labute approximate surface area is 136 Å². The van der Waals surface area contributed by atoms with E-state index in [0.717, 1.165) is 24.3 Å². The van der Waals surface area contributed by atoms with Crippen LogP contribution in [-0.4, -0.2) is 34.0 Å². The van der Waals surface area contributed by atoms with Crippen LogP contribution in [0.4, 0.5) is 0 Å². The summed E-state index contributed by atoms with van der Waals surface area (Å²) >= 11 is 0. The predicted molar refractivity (Wildman–Crippen MR) is 90.3 cm³/mol. The highest BCUT2D eigenvalue weighted by Crippen LogP contribution is 2.22. The molecule has 4 nitrogen and oxygen atoms in total. The first-order valence-corrected chi connectivity index (χ1v) is 8.14. The van der Waals surface area contributed by atoms with Gasteiger partial charge in [0, 0.05) is 18.7 Å². The summed E-state index contributed by atoms with van der Waals surface area (Å²) in [6, 6.07) is 13.4. The van der Waals surface area contributed by atoms with E-state index in [4.69, 9.17) is 0 Å². The van der Waals surface area contributed by atoms with Gasteiger partial charge in [-0.25, -0.2) is 4.79 Å². The van der Waals surface area contributed by atoms with Crippen molar-refractivity contribution in [2.24, 2.45) is 5.92 Å². The Morgan fingerprint density at radius 1 is 1.26 bits per heavy atom. The summed E-state index contributed by atoms with van der Waals surface area (Å²) in [5.41, 5.74) is 2.81. The molecule has 3 rings (SSSR count). The molecule has 1 saturated heterocycles.